The van der Waals surface area contributed by atoms with E-state index in [0.29, 0.717) is 11.4 Å². The molecule has 2 aromatic carbocycles. The monoisotopic (exact) mass is 471 g/mol. The third-order valence-electron chi connectivity index (χ3n) is 5.18. The minimum absolute atomic E-state index is 0.00257. The third kappa shape index (κ3) is 5.16. The number of nitrogens with one attached hydrogen (secondary N) is 1. The van der Waals surface area contributed by atoms with E-state index in [0.717, 1.165) is 12.1 Å². The van der Waals surface area contributed by atoms with Crippen LogP contribution in [-0.2, 0) is 21.0 Å². The lowest BCUT2D eigenvalue weighted by molar-refractivity contribution is -0.137. The van der Waals surface area contributed by atoms with Crippen LogP contribution in [-0.4, -0.2) is 51.9 Å². The number of benzene rings is 2. The maximum atomic E-state index is 13.1. The largest absolute Gasteiger partial charge is 0.495 e. The Morgan fingerprint density at radius 1 is 1.09 bits per heavy atom. The molecule has 0 unspecified atom stereocenters. The van der Waals surface area contributed by atoms with E-state index in [-0.39, 0.29) is 49.1 Å². The quantitative estimate of drug-likeness (QED) is 0.697. The number of hydrogen-bond acceptors (Lipinski definition) is 5. The molecular weight excluding hydrogens is 447 g/mol. The summed E-state index contributed by atoms with van der Waals surface area (Å²) < 4.78 is 71.7. The van der Waals surface area contributed by atoms with Crippen molar-refractivity contribution in [2.45, 2.75) is 24.4 Å². The number of amides is 1. The Bertz CT molecular complexity index is 1080. The predicted octanol–water partition coefficient (Wildman–Crippen LogP) is 3.57. The Morgan fingerprint density at radius 3 is 2.38 bits per heavy atom. The van der Waals surface area contributed by atoms with Gasteiger partial charge < -0.3 is 15.0 Å². The highest BCUT2D eigenvalue weighted by molar-refractivity contribution is 7.89. The Hall–Kier alpha value is -2.79. The average Bonchev–Trinajstić information content (AvgIpc) is 2.78. The Labute approximate surface area is 184 Å². The highest BCUT2D eigenvalue weighted by atomic mass is 32.2. The van der Waals surface area contributed by atoms with Gasteiger partial charge in [-0.2, -0.15) is 17.5 Å². The minimum atomic E-state index is -4.44. The molecule has 32 heavy (non-hydrogen) atoms. The van der Waals surface area contributed by atoms with Gasteiger partial charge in [-0.1, -0.05) is 13.0 Å². The molecule has 0 spiro atoms. The molecule has 0 bridgehead atoms. The van der Waals surface area contributed by atoms with Crippen molar-refractivity contribution in [2.75, 3.05) is 43.5 Å². The number of alkyl halides is 3. The summed E-state index contributed by atoms with van der Waals surface area (Å²) in [4.78, 5) is 13.5. The highest BCUT2D eigenvalue weighted by Crippen LogP contribution is 2.33. The fraction of sp³-hybridized carbons (Fsp3) is 0.381. The van der Waals surface area contributed by atoms with Crippen LogP contribution in [0.3, 0.4) is 0 Å². The summed E-state index contributed by atoms with van der Waals surface area (Å²) in [7, 11) is -2.45. The van der Waals surface area contributed by atoms with Gasteiger partial charge in [-0.25, -0.2) is 8.42 Å². The van der Waals surface area contributed by atoms with E-state index >= 15 is 0 Å². The maximum absolute atomic E-state index is 13.1. The van der Waals surface area contributed by atoms with Crippen molar-refractivity contribution in [3.05, 3.63) is 48.0 Å². The first-order valence-corrected chi connectivity index (χ1v) is 11.4. The van der Waals surface area contributed by atoms with Crippen LogP contribution in [0.2, 0.25) is 0 Å². The normalized spacial score (nSPS) is 15.5. The zero-order valence-electron chi connectivity index (χ0n) is 17.6. The number of piperazine rings is 1. The molecule has 0 saturated carbocycles. The van der Waals surface area contributed by atoms with Crippen molar-refractivity contribution in [1.82, 2.24) is 4.31 Å². The first-order valence-electron chi connectivity index (χ1n) is 9.96. The number of carbonyl (C=O) groups is 1. The van der Waals surface area contributed by atoms with Crippen LogP contribution in [0.4, 0.5) is 24.5 Å². The first-order chi connectivity index (χ1) is 15.1. The summed E-state index contributed by atoms with van der Waals surface area (Å²) in [6, 6.07) is 9.20. The number of ether oxygens (including phenoxy) is 1. The number of rotatable bonds is 6. The fourth-order valence-electron chi connectivity index (χ4n) is 3.40. The number of methoxy groups -OCH3 is 1. The zero-order chi connectivity index (χ0) is 23.5. The van der Waals surface area contributed by atoms with Crippen LogP contribution in [0.5, 0.6) is 5.75 Å². The van der Waals surface area contributed by atoms with Gasteiger partial charge in [0, 0.05) is 38.3 Å². The summed E-state index contributed by atoms with van der Waals surface area (Å²) in [6.07, 6.45) is -4.22. The standard InChI is InChI=1S/C21H24F3N3O4S/c1-3-20(28)25-18-14-17(7-8-19(18)31-2)32(29,30)27-11-9-26(10-12-27)16-6-4-5-15(13-16)21(22,23)24/h4-8,13-14H,3,9-12H2,1-2H3,(H,25,28). The van der Waals surface area contributed by atoms with Crippen molar-refractivity contribution in [3.8, 4) is 5.75 Å². The molecule has 11 heteroatoms. The summed E-state index contributed by atoms with van der Waals surface area (Å²) >= 11 is 0. The summed E-state index contributed by atoms with van der Waals surface area (Å²) in [5.41, 5.74) is -0.0983. The molecule has 1 amide bonds. The topological polar surface area (TPSA) is 79.0 Å². The van der Waals surface area contributed by atoms with Crippen molar-refractivity contribution < 1.29 is 31.1 Å². The van der Waals surface area contributed by atoms with Gasteiger partial charge in [0.2, 0.25) is 15.9 Å². The first kappa shape index (κ1) is 23.9. The number of anilines is 2. The molecule has 3 rings (SSSR count). The lowest BCUT2D eigenvalue weighted by Gasteiger charge is -2.35. The van der Waals surface area contributed by atoms with Crippen LogP contribution in [0, 0.1) is 0 Å². The van der Waals surface area contributed by atoms with Crippen molar-refractivity contribution in [3.63, 3.8) is 0 Å². The molecule has 0 radical (unpaired) electrons. The molecule has 0 aromatic heterocycles. The van der Waals surface area contributed by atoms with Gasteiger partial charge in [0.15, 0.2) is 0 Å². The molecule has 7 nitrogen and oxygen atoms in total. The molecule has 0 atom stereocenters. The maximum Gasteiger partial charge on any atom is 0.416 e. The summed E-state index contributed by atoms with van der Waals surface area (Å²) in [5.74, 6) is 0.0488. The average molecular weight is 472 g/mol. The molecule has 1 N–H and O–H groups in total. The Kier molecular flexibility index (Phi) is 6.99. The minimum Gasteiger partial charge on any atom is -0.495 e. The lowest BCUT2D eigenvalue weighted by atomic mass is 10.1. The third-order valence-corrected chi connectivity index (χ3v) is 7.08. The van der Waals surface area contributed by atoms with E-state index in [2.05, 4.69) is 5.32 Å². The van der Waals surface area contributed by atoms with Crippen LogP contribution in [0.1, 0.15) is 18.9 Å². The van der Waals surface area contributed by atoms with Crippen LogP contribution in [0.25, 0.3) is 0 Å². The van der Waals surface area contributed by atoms with Gasteiger partial charge in [-0.3, -0.25) is 4.79 Å². The summed E-state index contributed by atoms with van der Waals surface area (Å²) in [6.45, 7) is 2.39. The molecule has 1 saturated heterocycles. The van der Waals surface area contributed by atoms with Gasteiger partial charge >= 0.3 is 6.18 Å². The molecule has 1 aliphatic rings. The van der Waals surface area contributed by atoms with Crippen molar-refractivity contribution in [1.29, 1.82) is 0 Å². The Morgan fingerprint density at radius 2 is 1.78 bits per heavy atom. The van der Waals surface area contributed by atoms with Gasteiger partial charge in [-0.15, -0.1) is 0 Å². The van der Waals surface area contributed by atoms with E-state index in [1.165, 1.54) is 35.7 Å². The second-order valence-corrected chi connectivity index (χ2v) is 9.14. The number of hydrogen-bond donors (Lipinski definition) is 1. The molecule has 1 fully saturated rings. The lowest BCUT2D eigenvalue weighted by Crippen LogP contribution is -2.48. The smallest absolute Gasteiger partial charge is 0.416 e. The second kappa shape index (κ2) is 9.37. The van der Waals surface area contributed by atoms with Crippen molar-refractivity contribution >= 4 is 27.3 Å². The van der Waals surface area contributed by atoms with Crippen LogP contribution in [0.15, 0.2) is 47.4 Å². The molecule has 174 valence electrons. The fourth-order valence-corrected chi connectivity index (χ4v) is 4.85. The molecule has 2 aromatic rings. The second-order valence-electron chi connectivity index (χ2n) is 7.20. The van der Waals surface area contributed by atoms with E-state index in [4.69, 9.17) is 4.74 Å². The Balaban J connectivity index is 1.76. The highest BCUT2D eigenvalue weighted by Gasteiger charge is 2.32. The van der Waals surface area contributed by atoms with E-state index in [1.54, 1.807) is 17.9 Å². The van der Waals surface area contributed by atoms with E-state index in [9.17, 15) is 26.4 Å². The molecule has 1 heterocycles. The van der Waals surface area contributed by atoms with Crippen LogP contribution >= 0.6 is 0 Å². The van der Waals surface area contributed by atoms with Gasteiger partial charge in [0.25, 0.3) is 0 Å². The van der Waals surface area contributed by atoms with Crippen LogP contribution < -0.4 is 15.0 Å². The van der Waals surface area contributed by atoms with Gasteiger partial charge in [0.05, 0.1) is 23.3 Å². The number of carbonyl (C=O) groups excluding carboxylic acids is 1. The molecule has 0 aliphatic carbocycles. The SMILES string of the molecule is CCC(=O)Nc1cc(S(=O)(=O)N2CCN(c3cccc(C(F)(F)F)c3)CC2)ccc1OC. The van der Waals surface area contributed by atoms with E-state index < -0.39 is 21.8 Å². The number of sulfonamides is 1. The molecule has 1 aliphatic heterocycles. The van der Waals surface area contributed by atoms with Gasteiger partial charge in [-0.05, 0) is 36.4 Å². The van der Waals surface area contributed by atoms with Gasteiger partial charge in [0.1, 0.15) is 5.75 Å². The number of nitrogens with zero attached hydrogens (tertiary/aromatic N) is 2. The van der Waals surface area contributed by atoms with E-state index in [1.807, 2.05) is 0 Å². The number of halogens is 3. The molecular formula is C21H24F3N3O4S. The summed E-state index contributed by atoms with van der Waals surface area (Å²) in [5, 5.41) is 2.63. The zero-order valence-corrected chi connectivity index (χ0v) is 18.5. The van der Waals surface area contributed by atoms with Crippen molar-refractivity contribution in [2.24, 2.45) is 0 Å². The predicted molar refractivity (Wildman–Crippen MR) is 114 cm³/mol.